The molecule has 0 radical (unpaired) electrons. The lowest BCUT2D eigenvalue weighted by atomic mass is 10.2. The number of thioether (sulfide) groups is 1. The summed E-state index contributed by atoms with van der Waals surface area (Å²) >= 11 is 1.43. The molecule has 0 saturated carbocycles. The standard InChI is InChI=1S/C20H26N2O4S2/c1-13(2)20(23)21-18-12-17(10-11-19(18)27-5)28(24,25)22-15-6-8-16(9-7-15)26-14(3)4/h6-14,22H,1-5H3,(H,21,23). The molecule has 0 bridgehead atoms. The van der Waals surface area contributed by atoms with Gasteiger partial charge in [0.1, 0.15) is 5.75 Å². The van der Waals surface area contributed by atoms with E-state index in [1.807, 2.05) is 20.1 Å². The van der Waals surface area contributed by atoms with Crippen molar-refractivity contribution in [2.75, 3.05) is 16.3 Å². The normalized spacial score (nSPS) is 11.5. The van der Waals surface area contributed by atoms with Gasteiger partial charge in [-0.2, -0.15) is 0 Å². The Bertz CT molecular complexity index is 924. The fourth-order valence-corrected chi connectivity index (χ4v) is 3.94. The van der Waals surface area contributed by atoms with Gasteiger partial charge in [-0.05, 0) is 62.6 Å². The Labute approximate surface area is 171 Å². The van der Waals surface area contributed by atoms with E-state index in [9.17, 15) is 13.2 Å². The molecule has 2 aromatic carbocycles. The molecule has 0 unspecified atom stereocenters. The highest BCUT2D eigenvalue weighted by molar-refractivity contribution is 7.98. The molecule has 0 saturated heterocycles. The molecule has 2 aromatic rings. The molecule has 0 atom stereocenters. The third-order valence-corrected chi connectivity index (χ3v) is 5.92. The van der Waals surface area contributed by atoms with E-state index in [4.69, 9.17) is 4.74 Å². The van der Waals surface area contributed by atoms with Gasteiger partial charge in [-0.1, -0.05) is 13.8 Å². The number of carbonyl (C=O) groups is 1. The summed E-state index contributed by atoms with van der Waals surface area (Å²) < 4.78 is 33.7. The van der Waals surface area contributed by atoms with Crippen LogP contribution in [0.5, 0.6) is 5.75 Å². The molecule has 1 amide bonds. The van der Waals surface area contributed by atoms with Crippen molar-refractivity contribution in [1.82, 2.24) is 0 Å². The van der Waals surface area contributed by atoms with Crippen LogP contribution >= 0.6 is 11.8 Å². The number of nitrogens with one attached hydrogen (secondary N) is 2. The lowest BCUT2D eigenvalue weighted by molar-refractivity contribution is -0.118. The summed E-state index contributed by atoms with van der Waals surface area (Å²) in [5.74, 6) is 0.291. The third kappa shape index (κ3) is 5.90. The van der Waals surface area contributed by atoms with Gasteiger partial charge >= 0.3 is 0 Å². The highest BCUT2D eigenvalue weighted by Gasteiger charge is 2.18. The number of hydrogen-bond donors (Lipinski definition) is 2. The molecule has 0 spiro atoms. The molecule has 2 N–H and O–H groups in total. The highest BCUT2D eigenvalue weighted by atomic mass is 32.2. The predicted molar refractivity (Wildman–Crippen MR) is 115 cm³/mol. The minimum absolute atomic E-state index is 0.0389. The number of amides is 1. The van der Waals surface area contributed by atoms with E-state index in [0.717, 1.165) is 4.90 Å². The Hall–Kier alpha value is -2.19. The zero-order valence-corrected chi connectivity index (χ0v) is 18.3. The monoisotopic (exact) mass is 422 g/mol. The van der Waals surface area contributed by atoms with Crippen LogP contribution in [-0.2, 0) is 14.8 Å². The van der Waals surface area contributed by atoms with Gasteiger partial charge in [-0.15, -0.1) is 11.8 Å². The van der Waals surface area contributed by atoms with Gasteiger partial charge in [0, 0.05) is 16.5 Å². The topological polar surface area (TPSA) is 84.5 Å². The zero-order chi connectivity index (χ0) is 20.9. The van der Waals surface area contributed by atoms with Crippen molar-refractivity contribution >= 4 is 39.1 Å². The smallest absolute Gasteiger partial charge is 0.261 e. The number of ether oxygens (including phenoxy) is 1. The quantitative estimate of drug-likeness (QED) is 0.608. The van der Waals surface area contributed by atoms with Gasteiger partial charge in [0.15, 0.2) is 0 Å². The molecule has 6 nitrogen and oxygen atoms in total. The SMILES string of the molecule is CSc1ccc(S(=O)(=O)Nc2ccc(OC(C)C)cc2)cc1NC(=O)C(C)C. The molecular weight excluding hydrogens is 396 g/mol. The van der Waals surface area contributed by atoms with Gasteiger partial charge < -0.3 is 10.1 Å². The lowest BCUT2D eigenvalue weighted by Gasteiger charge is -2.14. The average molecular weight is 423 g/mol. The van der Waals surface area contributed by atoms with Crippen molar-refractivity contribution in [3.05, 3.63) is 42.5 Å². The van der Waals surface area contributed by atoms with E-state index in [1.165, 1.54) is 23.9 Å². The molecule has 0 aromatic heterocycles. The summed E-state index contributed by atoms with van der Waals surface area (Å²) in [5, 5.41) is 2.79. The molecule has 152 valence electrons. The van der Waals surface area contributed by atoms with E-state index in [1.54, 1.807) is 44.2 Å². The minimum atomic E-state index is -3.80. The maximum absolute atomic E-state index is 12.8. The molecule has 28 heavy (non-hydrogen) atoms. The average Bonchev–Trinajstić information content (AvgIpc) is 2.62. The Kier molecular flexibility index (Phi) is 7.37. The number of anilines is 2. The summed E-state index contributed by atoms with van der Waals surface area (Å²) in [6.07, 6.45) is 1.91. The minimum Gasteiger partial charge on any atom is -0.491 e. The first kappa shape index (κ1) is 22.1. The highest BCUT2D eigenvalue weighted by Crippen LogP contribution is 2.29. The molecule has 0 aliphatic rings. The van der Waals surface area contributed by atoms with Crippen molar-refractivity contribution in [2.45, 2.75) is 43.6 Å². The van der Waals surface area contributed by atoms with E-state index in [0.29, 0.717) is 17.1 Å². The summed E-state index contributed by atoms with van der Waals surface area (Å²) in [6, 6.07) is 11.4. The van der Waals surface area contributed by atoms with Crippen LogP contribution in [0.15, 0.2) is 52.3 Å². The van der Waals surface area contributed by atoms with Crippen LogP contribution in [-0.4, -0.2) is 26.7 Å². The first-order valence-corrected chi connectivity index (χ1v) is 11.6. The maximum atomic E-state index is 12.8. The van der Waals surface area contributed by atoms with Crippen molar-refractivity contribution < 1.29 is 17.9 Å². The second-order valence-electron chi connectivity index (χ2n) is 6.80. The fourth-order valence-electron chi connectivity index (χ4n) is 2.32. The van der Waals surface area contributed by atoms with E-state index < -0.39 is 10.0 Å². The number of benzene rings is 2. The van der Waals surface area contributed by atoms with Crippen LogP contribution in [0.2, 0.25) is 0 Å². The molecule has 2 rings (SSSR count). The van der Waals surface area contributed by atoms with Crippen molar-refractivity contribution in [2.24, 2.45) is 5.92 Å². The number of rotatable bonds is 8. The molecule has 8 heteroatoms. The fraction of sp³-hybridized carbons (Fsp3) is 0.350. The molecule has 0 fully saturated rings. The molecule has 0 aliphatic carbocycles. The second-order valence-corrected chi connectivity index (χ2v) is 9.33. The Morgan fingerprint density at radius 1 is 1.04 bits per heavy atom. The second kappa shape index (κ2) is 9.34. The van der Waals surface area contributed by atoms with Crippen LogP contribution in [0.25, 0.3) is 0 Å². The van der Waals surface area contributed by atoms with E-state index in [-0.39, 0.29) is 22.8 Å². The Morgan fingerprint density at radius 2 is 1.68 bits per heavy atom. The largest absolute Gasteiger partial charge is 0.491 e. The zero-order valence-electron chi connectivity index (χ0n) is 16.6. The Balaban J connectivity index is 2.26. The lowest BCUT2D eigenvalue weighted by Crippen LogP contribution is -2.19. The maximum Gasteiger partial charge on any atom is 0.261 e. The number of hydrogen-bond acceptors (Lipinski definition) is 5. The summed E-state index contributed by atoms with van der Waals surface area (Å²) in [7, 11) is -3.80. The van der Waals surface area contributed by atoms with Gasteiger partial charge in [0.25, 0.3) is 10.0 Å². The summed E-state index contributed by atoms with van der Waals surface area (Å²) in [6.45, 7) is 7.40. The summed E-state index contributed by atoms with van der Waals surface area (Å²) in [4.78, 5) is 12.9. The molecule has 0 aliphatic heterocycles. The van der Waals surface area contributed by atoms with Crippen molar-refractivity contribution in [3.8, 4) is 5.75 Å². The van der Waals surface area contributed by atoms with Crippen LogP contribution in [0, 0.1) is 5.92 Å². The van der Waals surface area contributed by atoms with Crippen LogP contribution in [0.1, 0.15) is 27.7 Å². The van der Waals surface area contributed by atoms with Gasteiger partial charge in [0.05, 0.1) is 16.7 Å². The third-order valence-electron chi connectivity index (χ3n) is 3.74. The van der Waals surface area contributed by atoms with Gasteiger partial charge in [0.2, 0.25) is 5.91 Å². The first-order chi connectivity index (χ1) is 13.1. The molecule has 0 heterocycles. The van der Waals surface area contributed by atoms with Crippen molar-refractivity contribution in [1.29, 1.82) is 0 Å². The van der Waals surface area contributed by atoms with Crippen LogP contribution < -0.4 is 14.8 Å². The van der Waals surface area contributed by atoms with Crippen molar-refractivity contribution in [3.63, 3.8) is 0 Å². The summed E-state index contributed by atoms with van der Waals surface area (Å²) in [5.41, 5.74) is 0.910. The Morgan fingerprint density at radius 3 is 2.21 bits per heavy atom. The van der Waals surface area contributed by atoms with Gasteiger partial charge in [-0.3, -0.25) is 9.52 Å². The first-order valence-electron chi connectivity index (χ1n) is 8.91. The van der Waals surface area contributed by atoms with Crippen LogP contribution in [0.4, 0.5) is 11.4 Å². The van der Waals surface area contributed by atoms with Gasteiger partial charge in [-0.25, -0.2) is 8.42 Å². The number of sulfonamides is 1. The van der Waals surface area contributed by atoms with E-state index >= 15 is 0 Å². The predicted octanol–water partition coefficient (Wildman–Crippen LogP) is 4.59. The van der Waals surface area contributed by atoms with Crippen LogP contribution in [0.3, 0.4) is 0 Å². The number of carbonyl (C=O) groups excluding carboxylic acids is 1. The molecular formula is C20H26N2O4S2. The van der Waals surface area contributed by atoms with E-state index in [2.05, 4.69) is 10.0 Å².